The van der Waals surface area contributed by atoms with Crippen molar-refractivity contribution in [2.45, 2.75) is 12.5 Å². The van der Waals surface area contributed by atoms with Crippen molar-refractivity contribution >= 4 is 17.6 Å². The molecule has 1 unspecified atom stereocenters. The molecule has 5 heteroatoms. The van der Waals surface area contributed by atoms with E-state index in [2.05, 4.69) is 0 Å². The van der Waals surface area contributed by atoms with Gasteiger partial charge in [0, 0.05) is 11.4 Å². The van der Waals surface area contributed by atoms with E-state index in [1.54, 1.807) is 24.3 Å². The molecule has 0 aliphatic carbocycles. The lowest BCUT2D eigenvalue weighted by atomic mass is 10.2. The summed E-state index contributed by atoms with van der Waals surface area (Å²) in [5, 5.41) is 9.15. The van der Waals surface area contributed by atoms with E-state index in [0.29, 0.717) is 10.8 Å². The summed E-state index contributed by atoms with van der Waals surface area (Å²) in [5.41, 5.74) is 5.30. The third kappa shape index (κ3) is 4.18. The van der Waals surface area contributed by atoms with E-state index >= 15 is 0 Å². The maximum absolute atomic E-state index is 10.4. The molecule has 0 spiro atoms. The van der Waals surface area contributed by atoms with Crippen molar-refractivity contribution in [3.8, 4) is 5.75 Å². The van der Waals surface area contributed by atoms with E-state index in [0.717, 1.165) is 0 Å². The molecule has 0 saturated heterocycles. The van der Waals surface area contributed by atoms with Crippen LogP contribution in [0, 0.1) is 0 Å². The third-order valence-electron chi connectivity index (χ3n) is 1.83. The Hall–Kier alpha value is -1.26. The summed E-state index contributed by atoms with van der Waals surface area (Å²) < 4.78 is 5.28. The highest BCUT2D eigenvalue weighted by molar-refractivity contribution is 6.30. The molecule has 0 fully saturated rings. The van der Waals surface area contributed by atoms with Crippen molar-refractivity contribution in [3.05, 3.63) is 29.3 Å². The molecule has 0 amide bonds. The van der Waals surface area contributed by atoms with E-state index < -0.39 is 12.0 Å². The number of halogens is 1. The zero-order chi connectivity index (χ0) is 11.3. The summed E-state index contributed by atoms with van der Waals surface area (Å²) in [6, 6.07) is 5.96. The van der Waals surface area contributed by atoms with Crippen molar-refractivity contribution in [2.75, 3.05) is 6.61 Å². The minimum absolute atomic E-state index is 0.273. The first-order valence-electron chi connectivity index (χ1n) is 4.46. The van der Waals surface area contributed by atoms with Crippen LogP contribution in [0.4, 0.5) is 0 Å². The van der Waals surface area contributed by atoms with Gasteiger partial charge in [-0.05, 0) is 24.3 Å². The molecule has 0 radical (unpaired) electrons. The molecule has 0 bridgehead atoms. The Balaban J connectivity index is 2.32. The van der Waals surface area contributed by atoms with Crippen LogP contribution in [0.3, 0.4) is 0 Å². The summed E-state index contributed by atoms with van der Waals surface area (Å²) in [6.45, 7) is 0.273. The second-order valence-electron chi connectivity index (χ2n) is 3.04. The topological polar surface area (TPSA) is 72.5 Å². The lowest BCUT2D eigenvalue weighted by Crippen LogP contribution is -2.31. The Morgan fingerprint density at radius 2 is 2.07 bits per heavy atom. The molecule has 1 aromatic rings. The SMILES string of the molecule is NC(CCOc1ccc(Cl)cc1)C(=O)O. The van der Waals surface area contributed by atoms with E-state index in [-0.39, 0.29) is 13.0 Å². The van der Waals surface area contributed by atoms with Crippen LogP contribution < -0.4 is 10.5 Å². The highest BCUT2D eigenvalue weighted by Gasteiger charge is 2.10. The average Bonchev–Trinajstić information content (AvgIpc) is 2.20. The van der Waals surface area contributed by atoms with Gasteiger partial charge in [-0.1, -0.05) is 11.6 Å². The Morgan fingerprint density at radius 3 is 2.60 bits per heavy atom. The van der Waals surface area contributed by atoms with Crippen LogP contribution in [-0.2, 0) is 4.79 Å². The summed E-state index contributed by atoms with van der Waals surface area (Å²) in [5.74, 6) is -0.369. The zero-order valence-corrected chi connectivity index (χ0v) is 8.78. The number of ether oxygens (including phenoxy) is 1. The summed E-state index contributed by atoms with van der Waals surface area (Å²) in [7, 11) is 0. The molecule has 0 heterocycles. The van der Waals surface area contributed by atoms with Crippen LogP contribution in [-0.4, -0.2) is 23.7 Å². The third-order valence-corrected chi connectivity index (χ3v) is 2.08. The molecule has 1 atom stereocenters. The van der Waals surface area contributed by atoms with Gasteiger partial charge in [0.05, 0.1) is 6.61 Å². The Kier molecular flexibility index (Phi) is 4.39. The normalized spacial score (nSPS) is 12.1. The van der Waals surface area contributed by atoms with Crippen LogP contribution in [0.5, 0.6) is 5.75 Å². The van der Waals surface area contributed by atoms with Gasteiger partial charge >= 0.3 is 5.97 Å². The predicted octanol–water partition coefficient (Wildman–Crippen LogP) is 1.52. The first-order chi connectivity index (χ1) is 7.09. The number of hydrogen-bond acceptors (Lipinski definition) is 3. The monoisotopic (exact) mass is 229 g/mol. The fraction of sp³-hybridized carbons (Fsp3) is 0.300. The Morgan fingerprint density at radius 1 is 1.47 bits per heavy atom. The molecular formula is C10H12ClNO3. The standard InChI is InChI=1S/C10H12ClNO3/c11-7-1-3-8(4-2-7)15-6-5-9(12)10(13)14/h1-4,9H,5-6,12H2,(H,13,14). The average molecular weight is 230 g/mol. The molecule has 82 valence electrons. The maximum Gasteiger partial charge on any atom is 0.320 e. The van der Waals surface area contributed by atoms with E-state index in [9.17, 15) is 4.79 Å². The second kappa shape index (κ2) is 5.58. The van der Waals surface area contributed by atoms with Crippen LogP contribution in [0.1, 0.15) is 6.42 Å². The van der Waals surface area contributed by atoms with E-state index in [1.807, 2.05) is 0 Å². The molecule has 15 heavy (non-hydrogen) atoms. The van der Waals surface area contributed by atoms with Gasteiger partial charge in [-0.2, -0.15) is 0 Å². The van der Waals surface area contributed by atoms with E-state index in [4.69, 9.17) is 27.2 Å². The van der Waals surface area contributed by atoms with E-state index in [1.165, 1.54) is 0 Å². The lowest BCUT2D eigenvalue weighted by Gasteiger charge is -2.08. The molecular weight excluding hydrogens is 218 g/mol. The summed E-state index contributed by atoms with van der Waals surface area (Å²) in [4.78, 5) is 10.4. The first-order valence-corrected chi connectivity index (χ1v) is 4.84. The Bertz CT molecular complexity index is 326. The number of aliphatic carboxylic acids is 1. The second-order valence-corrected chi connectivity index (χ2v) is 3.47. The van der Waals surface area contributed by atoms with Crippen LogP contribution in [0.25, 0.3) is 0 Å². The quantitative estimate of drug-likeness (QED) is 0.803. The fourth-order valence-electron chi connectivity index (χ4n) is 0.958. The van der Waals surface area contributed by atoms with Crippen molar-refractivity contribution in [1.29, 1.82) is 0 Å². The number of rotatable bonds is 5. The summed E-state index contributed by atoms with van der Waals surface area (Å²) >= 11 is 5.68. The molecule has 0 saturated carbocycles. The van der Waals surface area contributed by atoms with Gasteiger partial charge in [-0.25, -0.2) is 0 Å². The number of hydrogen-bond donors (Lipinski definition) is 2. The van der Waals surface area contributed by atoms with Crippen molar-refractivity contribution in [3.63, 3.8) is 0 Å². The molecule has 3 N–H and O–H groups in total. The minimum Gasteiger partial charge on any atom is -0.494 e. The number of benzene rings is 1. The number of carboxylic acids is 1. The van der Waals surface area contributed by atoms with Crippen LogP contribution in [0.15, 0.2) is 24.3 Å². The molecule has 0 aromatic heterocycles. The van der Waals surface area contributed by atoms with Gasteiger partial charge in [0.1, 0.15) is 11.8 Å². The Labute approximate surface area is 92.6 Å². The minimum atomic E-state index is -1.02. The molecule has 0 aliphatic rings. The lowest BCUT2D eigenvalue weighted by molar-refractivity contribution is -0.138. The van der Waals surface area contributed by atoms with Crippen molar-refractivity contribution < 1.29 is 14.6 Å². The van der Waals surface area contributed by atoms with Crippen LogP contribution >= 0.6 is 11.6 Å². The van der Waals surface area contributed by atoms with Crippen molar-refractivity contribution in [2.24, 2.45) is 5.73 Å². The van der Waals surface area contributed by atoms with Crippen LogP contribution in [0.2, 0.25) is 5.02 Å². The fourth-order valence-corrected chi connectivity index (χ4v) is 1.08. The highest BCUT2D eigenvalue weighted by atomic mass is 35.5. The molecule has 0 aliphatic heterocycles. The smallest absolute Gasteiger partial charge is 0.320 e. The number of carbonyl (C=O) groups is 1. The molecule has 1 rings (SSSR count). The van der Waals surface area contributed by atoms with Gasteiger partial charge in [0.15, 0.2) is 0 Å². The molecule has 1 aromatic carbocycles. The first kappa shape index (κ1) is 11.8. The highest BCUT2D eigenvalue weighted by Crippen LogP contribution is 2.15. The predicted molar refractivity (Wildman–Crippen MR) is 57.2 cm³/mol. The van der Waals surface area contributed by atoms with Crippen molar-refractivity contribution in [1.82, 2.24) is 0 Å². The largest absolute Gasteiger partial charge is 0.494 e. The maximum atomic E-state index is 10.4. The van der Waals surface area contributed by atoms with Gasteiger partial charge in [-0.15, -0.1) is 0 Å². The van der Waals surface area contributed by atoms with Gasteiger partial charge in [-0.3, -0.25) is 4.79 Å². The van der Waals surface area contributed by atoms with Gasteiger partial charge < -0.3 is 15.6 Å². The van der Waals surface area contributed by atoms with Gasteiger partial charge in [0.25, 0.3) is 0 Å². The summed E-state index contributed by atoms with van der Waals surface area (Å²) in [6.07, 6.45) is 0.276. The number of carboxylic acid groups (broad SMARTS) is 1. The zero-order valence-electron chi connectivity index (χ0n) is 8.02. The van der Waals surface area contributed by atoms with Gasteiger partial charge in [0.2, 0.25) is 0 Å². The number of nitrogens with two attached hydrogens (primary N) is 1. The molecule has 4 nitrogen and oxygen atoms in total.